The molecule has 0 saturated carbocycles. The van der Waals surface area contributed by atoms with Crippen molar-refractivity contribution in [2.24, 2.45) is 0 Å². The Labute approximate surface area is 123 Å². The smallest absolute Gasteiger partial charge is 0.396 e. The van der Waals surface area contributed by atoms with Gasteiger partial charge in [0.15, 0.2) is 0 Å². The molecule has 0 N–H and O–H groups in total. The van der Waals surface area contributed by atoms with Crippen LogP contribution < -0.4 is 0 Å². The molecule has 0 radical (unpaired) electrons. The summed E-state index contributed by atoms with van der Waals surface area (Å²) in [5.41, 5.74) is 0.731. The zero-order valence-electron chi connectivity index (χ0n) is 10.4. The second kappa shape index (κ2) is 6.71. The number of carbonyl (C=O) groups is 1. The van der Waals surface area contributed by atoms with Crippen LogP contribution in [0.3, 0.4) is 0 Å². The zero-order valence-corrected chi connectivity index (χ0v) is 12.0. The van der Waals surface area contributed by atoms with Gasteiger partial charge in [-0.25, -0.2) is 9.18 Å². The number of carbonyl (C=O) groups excluding carboxylic acids is 1. The lowest BCUT2D eigenvalue weighted by Crippen LogP contribution is -2.04. The van der Waals surface area contributed by atoms with Crippen molar-refractivity contribution in [2.45, 2.75) is 17.9 Å². The molecule has 0 aliphatic rings. The van der Waals surface area contributed by atoms with Crippen LogP contribution in [0.4, 0.5) is 4.39 Å². The summed E-state index contributed by atoms with van der Waals surface area (Å²) in [5, 5.41) is 7.83. The number of esters is 1. The number of hydrogen-bond acceptors (Lipinski definition) is 6. The summed E-state index contributed by atoms with van der Waals surface area (Å²) in [5.74, 6) is -0.832. The Morgan fingerprint density at radius 3 is 3.00 bits per heavy atom. The molecule has 0 bridgehead atoms. The highest BCUT2D eigenvalue weighted by Gasteiger charge is 2.16. The maximum atomic E-state index is 12.9. The molecule has 0 saturated heterocycles. The van der Waals surface area contributed by atoms with Gasteiger partial charge < -0.3 is 9.15 Å². The maximum absolute atomic E-state index is 12.9. The highest BCUT2D eigenvalue weighted by molar-refractivity contribution is 7.98. The molecular formula is C12H10ClFN2O3S. The number of ether oxygens (including phenoxy) is 1. The van der Waals surface area contributed by atoms with Gasteiger partial charge >= 0.3 is 11.9 Å². The van der Waals surface area contributed by atoms with Crippen LogP contribution in [-0.2, 0) is 10.5 Å². The van der Waals surface area contributed by atoms with Gasteiger partial charge in [0, 0.05) is 10.8 Å². The Balaban J connectivity index is 1.99. The van der Waals surface area contributed by atoms with E-state index >= 15 is 0 Å². The molecule has 2 rings (SSSR count). The number of benzene rings is 1. The summed E-state index contributed by atoms with van der Waals surface area (Å²) in [6, 6.07) is 4.13. The molecule has 0 fully saturated rings. The molecule has 5 nitrogen and oxygen atoms in total. The predicted molar refractivity (Wildman–Crippen MR) is 71.2 cm³/mol. The van der Waals surface area contributed by atoms with Crippen molar-refractivity contribution in [3.05, 3.63) is 40.5 Å². The first-order chi connectivity index (χ1) is 9.60. The van der Waals surface area contributed by atoms with E-state index in [4.69, 9.17) is 20.8 Å². The van der Waals surface area contributed by atoms with E-state index in [1.54, 1.807) is 13.0 Å². The average Bonchev–Trinajstić information content (AvgIpc) is 2.87. The third kappa shape index (κ3) is 3.71. The van der Waals surface area contributed by atoms with Gasteiger partial charge in [-0.05, 0) is 24.6 Å². The second-order valence-corrected chi connectivity index (χ2v) is 4.95. The van der Waals surface area contributed by atoms with Crippen molar-refractivity contribution in [2.75, 3.05) is 6.61 Å². The van der Waals surface area contributed by atoms with E-state index in [1.807, 2.05) is 0 Å². The summed E-state index contributed by atoms with van der Waals surface area (Å²) in [6.07, 6.45) is 0. The Morgan fingerprint density at radius 1 is 1.50 bits per heavy atom. The molecule has 2 aromatic rings. The van der Waals surface area contributed by atoms with Gasteiger partial charge in [-0.2, -0.15) is 0 Å². The number of hydrogen-bond donors (Lipinski definition) is 0. The minimum Gasteiger partial charge on any atom is -0.459 e. The van der Waals surface area contributed by atoms with Gasteiger partial charge in [0.2, 0.25) is 0 Å². The molecule has 106 valence electrons. The minimum atomic E-state index is -0.660. The highest BCUT2D eigenvalue weighted by Crippen LogP contribution is 2.26. The summed E-state index contributed by atoms with van der Waals surface area (Å²) in [4.78, 5) is 11.3. The zero-order chi connectivity index (χ0) is 14.5. The fourth-order valence-corrected chi connectivity index (χ4v) is 2.40. The monoisotopic (exact) mass is 316 g/mol. The molecule has 20 heavy (non-hydrogen) atoms. The maximum Gasteiger partial charge on any atom is 0.396 e. The lowest BCUT2D eigenvalue weighted by Gasteiger charge is -2.01. The van der Waals surface area contributed by atoms with Gasteiger partial charge in [0.25, 0.3) is 5.22 Å². The van der Waals surface area contributed by atoms with Gasteiger partial charge in [-0.3, -0.25) is 0 Å². The van der Waals surface area contributed by atoms with E-state index in [0.717, 1.165) is 5.56 Å². The van der Waals surface area contributed by atoms with Crippen LogP contribution in [0.2, 0.25) is 5.02 Å². The SMILES string of the molecule is CCOC(=O)c1nnc(SCc2ccc(F)cc2Cl)o1. The topological polar surface area (TPSA) is 65.2 Å². The standard InChI is InChI=1S/C12H10ClFN2O3S/c1-2-18-11(17)10-15-16-12(19-10)20-6-7-3-4-8(14)5-9(7)13/h3-5H,2,6H2,1H3. The van der Waals surface area contributed by atoms with Gasteiger partial charge in [-0.1, -0.05) is 34.5 Å². The number of aromatic nitrogens is 2. The largest absolute Gasteiger partial charge is 0.459 e. The summed E-state index contributed by atoms with van der Waals surface area (Å²) < 4.78 is 22.8. The fourth-order valence-electron chi connectivity index (χ4n) is 1.32. The van der Waals surface area contributed by atoms with Crippen molar-refractivity contribution in [3.63, 3.8) is 0 Å². The molecule has 0 unspecified atom stereocenters. The van der Waals surface area contributed by atoms with Crippen LogP contribution in [0.5, 0.6) is 0 Å². The van der Waals surface area contributed by atoms with Gasteiger partial charge in [0.05, 0.1) is 6.61 Å². The van der Waals surface area contributed by atoms with Crippen LogP contribution >= 0.6 is 23.4 Å². The van der Waals surface area contributed by atoms with E-state index < -0.39 is 11.8 Å². The minimum absolute atomic E-state index is 0.195. The Bertz CT molecular complexity index is 620. The van der Waals surface area contributed by atoms with Gasteiger partial charge in [-0.15, -0.1) is 5.10 Å². The Morgan fingerprint density at radius 2 is 2.30 bits per heavy atom. The summed E-state index contributed by atoms with van der Waals surface area (Å²) in [7, 11) is 0. The first kappa shape index (κ1) is 14.8. The molecule has 1 heterocycles. The van der Waals surface area contributed by atoms with Crippen molar-refractivity contribution < 1.29 is 18.3 Å². The molecular weight excluding hydrogens is 307 g/mol. The second-order valence-electron chi connectivity index (χ2n) is 3.62. The molecule has 0 aliphatic heterocycles. The van der Waals surface area contributed by atoms with Crippen molar-refractivity contribution >= 4 is 29.3 Å². The first-order valence-corrected chi connectivity index (χ1v) is 7.04. The summed E-state index contributed by atoms with van der Waals surface area (Å²) >= 11 is 7.09. The summed E-state index contributed by atoms with van der Waals surface area (Å²) in [6.45, 7) is 1.91. The number of thioether (sulfide) groups is 1. The number of halogens is 2. The molecule has 0 atom stereocenters. The van der Waals surface area contributed by atoms with E-state index in [9.17, 15) is 9.18 Å². The van der Waals surface area contributed by atoms with Gasteiger partial charge in [0.1, 0.15) is 5.82 Å². The third-order valence-corrected chi connectivity index (χ3v) is 3.44. The van der Waals surface area contributed by atoms with E-state index in [1.165, 1.54) is 23.9 Å². The molecule has 0 aliphatic carbocycles. The fraction of sp³-hybridized carbons (Fsp3) is 0.250. The predicted octanol–water partition coefficient (Wildman–Crippen LogP) is 3.33. The lowest BCUT2D eigenvalue weighted by molar-refractivity contribution is 0.0475. The molecule has 8 heteroatoms. The molecule has 0 amide bonds. The van der Waals surface area contributed by atoms with Crippen molar-refractivity contribution in [1.29, 1.82) is 0 Å². The van der Waals surface area contributed by atoms with Crippen LogP contribution in [0.15, 0.2) is 27.8 Å². The van der Waals surface area contributed by atoms with Crippen LogP contribution in [0.25, 0.3) is 0 Å². The van der Waals surface area contributed by atoms with Crippen molar-refractivity contribution in [1.82, 2.24) is 10.2 Å². The normalized spacial score (nSPS) is 10.6. The van der Waals surface area contributed by atoms with Crippen LogP contribution in [0.1, 0.15) is 23.2 Å². The first-order valence-electron chi connectivity index (χ1n) is 5.67. The highest BCUT2D eigenvalue weighted by atomic mass is 35.5. The lowest BCUT2D eigenvalue weighted by atomic mass is 10.2. The average molecular weight is 317 g/mol. The molecule has 0 spiro atoms. The van der Waals surface area contributed by atoms with Crippen LogP contribution in [0, 0.1) is 5.82 Å². The molecule has 1 aromatic heterocycles. The Hall–Kier alpha value is -1.60. The number of nitrogens with zero attached hydrogens (tertiary/aromatic N) is 2. The Kier molecular flexibility index (Phi) is 4.97. The quantitative estimate of drug-likeness (QED) is 0.622. The third-order valence-electron chi connectivity index (χ3n) is 2.22. The van der Waals surface area contributed by atoms with E-state index in [-0.39, 0.29) is 17.7 Å². The van der Waals surface area contributed by atoms with E-state index in [0.29, 0.717) is 10.8 Å². The van der Waals surface area contributed by atoms with Crippen LogP contribution in [-0.4, -0.2) is 22.8 Å². The number of rotatable bonds is 5. The van der Waals surface area contributed by atoms with E-state index in [2.05, 4.69) is 10.2 Å². The molecule has 1 aromatic carbocycles. The van der Waals surface area contributed by atoms with Crippen molar-refractivity contribution in [3.8, 4) is 0 Å².